The summed E-state index contributed by atoms with van der Waals surface area (Å²) < 4.78 is 6.40. The number of urea groups is 1. The van der Waals surface area contributed by atoms with Crippen LogP contribution in [0.2, 0.25) is 5.02 Å². The molecular weight excluding hydrogens is 706 g/mol. The van der Waals surface area contributed by atoms with E-state index >= 15 is 0 Å². The van der Waals surface area contributed by atoms with E-state index in [0.29, 0.717) is 22.0 Å². The number of aryl methyl sites for hydroxylation is 1. The van der Waals surface area contributed by atoms with Gasteiger partial charge >= 0.3 is 6.03 Å². The highest BCUT2D eigenvalue weighted by atomic mass is 35.5. The van der Waals surface area contributed by atoms with Crippen molar-refractivity contribution in [2.24, 2.45) is 0 Å². The van der Waals surface area contributed by atoms with Gasteiger partial charge < -0.3 is 9.64 Å². The first kappa shape index (κ1) is 34.6. The van der Waals surface area contributed by atoms with Gasteiger partial charge in [0, 0.05) is 46.8 Å². The molecule has 272 valence electrons. The topological polar surface area (TPSA) is 79.0 Å². The lowest BCUT2D eigenvalue weighted by molar-refractivity contribution is -0.122. The molecular formula is C47H38ClN3O4. The molecule has 8 heteroatoms. The molecule has 0 saturated carbocycles. The number of benzene rings is 6. The zero-order valence-electron chi connectivity index (χ0n) is 30.3. The van der Waals surface area contributed by atoms with Crippen molar-refractivity contribution in [3.63, 3.8) is 0 Å². The molecule has 9 rings (SSSR count). The van der Waals surface area contributed by atoms with Gasteiger partial charge in [0.2, 0.25) is 0 Å². The Kier molecular flexibility index (Phi) is 8.95. The van der Waals surface area contributed by atoms with Crippen molar-refractivity contribution in [1.29, 1.82) is 0 Å². The van der Waals surface area contributed by atoms with Gasteiger partial charge in [-0.1, -0.05) is 109 Å². The van der Waals surface area contributed by atoms with E-state index in [1.807, 2.05) is 67.6 Å². The summed E-state index contributed by atoms with van der Waals surface area (Å²) in [6.45, 7) is 4.13. The second kappa shape index (κ2) is 14.2. The Hall–Kier alpha value is -6.18. The summed E-state index contributed by atoms with van der Waals surface area (Å²) in [5.74, 6) is -0.916. The number of carbonyl (C=O) groups is 3. The third-order valence-electron chi connectivity index (χ3n) is 11.3. The second-order valence-corrected chi connectivity index (χ2v) is 14.9. The zero-order valence-corrected chi connectivity index (χ0v) is 31.1. The monoisotopic (exact) mass is 743 g/mol. The summed E-state index contributed by atoms with van der Waals surface area (Å²) in [5, 5.41) is 5.05. The molecule has 0 aromatic heterocycles. The van der Waals surface area contributed by atoms with Crippen LogP contribution in [0.3, 0.4) is 0 Å². The molecule has 1 fully saturated rings. The van der Waals surface area contributed by atoms with Crippen LogP contribution in [0.25, 0.3) is 16.8 Å². The number of anilines is 2. The van der Waals surface area contributed by atoms with Gasteiger partial charge in [0.05, 0.1) is 5.69 Å². The fraction of sp³-hybridized carbons (Fsp3) is 0.170. The molecule has 1 saturated heterocycles. The van der Waals surface area contributed by atoms with Crippen LogP contribution in [0.4, 0.5) is 16.2 Å². The first-order valence-electron chi connectivity index (χ1n) is 18.7. The van der Waals surface area contributed by atoms with E-state index in [4.69, 9.17) is 16.3 Å². The van der Waals surface area contributed by atoms with Crippen molar-refractivity contribution in [2.45, 2.75) is 38.2 Å². The number of barbiturate groups is 1. The molecule has 0 spiro atoms. The molecule has 1 N–H and O–H groups in total. The normalized spacial score (nSPS) is 18.7. The Morgan fingerprint density at radius 2 is 1.40 bits per heavy atom. The molecule has 3 heterocycles. The lowest BCUT2D eigenvalue weighted by atomic mass is 9.76. The van der Waals surface area contributed by atoms with E-state index < -0.39 is 17.8 Å². The highest BCUT2D eigenvalue weighted by molar-refractivity contribution is 6.39. The second-order valence-electron chi connectivity index (χ2n) is 14.5. The van der Waals surface area contributed by atoms with Crippen molar-refractivity contribution in [3.8, 4) is 5.75 Å². The van der Waals surface area contributed by atoms with Gasteiger partial charge in [-0.2, -0.15) is 0 Å². The maximum absolute atomic E-state index is 14.6. The van der Waals surface area contributed by atoms with Gasteiger partial charge in [-0.3, -0.25) is 14.9 Å². The molecule has 2 atom stereocenters. The van der Waals surface area contributed by atoms with Gasteiger partial charge in [-0.25, -0.2) is 9.69 Å². The molecule has 0 aliphatic carbocycles. The van der Waals surface area contributed by atoms with Crippen molar-refractivity contribution < 1.29 is 19.1 Å². The van der Waals surface area contributed by atoms with E-state index in [1.54, 1.807) is 18.2 Å². The quantitative estimate of drug-likeness (QED) is 0.130. The lowest BCUT2D eigenvalue weighted by Crippen LogP contribution is -2.54. The number of nitrogens with one attached hydrogen (secondary N) is 1. The van der Waals surface area contributed by atoms with E-state index in [9.17, 15) is 14.4 Å². The number of nitrogens with zero attached hydrogens (tertiary/aromatic N) is 2. The summed E-state index contributed by atoms with van der Waals surface area (Å²) in [7, 11) is 0. The maximum Gasteiger partial charge on any atom is 0.335 e. The van der Waals surface area contributed by atoms with Crippen LogP contribution in [0.5, 0.6) is 5.75 Å². The number of halogens is 1. The molecule has 3 aliphatic rings. The first-order valence-corrected chi connectivity index (χ1v) is 19.1. The first-order chi connectivity index (χ1) is 26.8. The summed E-state index contributed by atoms with van der Waals surface area (Å²) in [5.41, 5.74) is 8.47. The van der Waals surface area contributed by atoms with Crippen LogP contribution in [0.1, 0.15) is 63.6 Å². The smallest absolute Gasteiger partial charge is 0.335 e. The molecule has 3 aliphatic heterocycles. The molecule has 6 aromatic carbocycles. The van der Waals surface area contributed by atoms with E-state index in [-0.39, 0.29) is 24.0 Å². The van der Waals surface area contributed by atoms with Crippen LogP contribution in [-0.4, -0.2) is 30.9 Å². The molecule has 55 heavy (non-hydrogen) atoms. The van der Waals surface area contributed by atoms with Gasteiger partial charge in [-0.05, 0) is 94.8 Å². The van der Waals surface area contributed by atoms with Crippen molar-refractivity contribution >= 4 is 57.7 Å². The van der Waals surface area contributed by atoms with Crippen molar-refractivity contribution in [3.05, 3.63) is 177 Å². The lowest BCUT2D eigenvalue weighted by Gasteiger charge is -2.44. The fourth-order valence-electron chi connectivity index (χ4n) is 8.57. The summed E-state index contributed by atoms with van der Waals surface area (Å²) in [6.07, 6.45) is 3.27. The van der Waals surface area contributed by atoms with Crippen molar-refractivity contribution in [2.75, 3.05) is 22.9 Å². The minimum atomic E-state index is -0.788. The third-order valence-corrected chi connectivity index (χ3v) is 11.5. The number of rotatable bonds is 7. The van der Waals surface area contributed by atoms with Crippen LogP contribution >= 0.6 is 11.6 Å². The zero-order chi connectivity index (χ0) is 37.6. The predicted octanol–water partition coefficient (Wildman–Crippen LogP) is 9.92. The van der Waals surface area contributed by atoms with E-state index in [2.05, 4.69) is 58.7 Å². The number of imide groups is 2. The van der Waals surface area contributed by atoms with Gasteiger partial charge in [0.1, 0.15) is 17.9 Å². The number of ether oxygens (including phenoxy) is 1. The van der Waals surface area contributed by atoms with Crippen LogP contribution < -0.4 is 19.9 Å². The number of hydrogen-bond acceptors (Lipinski definition) is 5. The summed E-state index contributed by atoms with van der Waals surface area (Å²) in [4.78, 5) is 45.4. The molecule has 7 nitrogen and oxygen atoms in total. The van der Waals surface area contributed by atoms with Crippen molar-refractivity contribution in [1.82, 2.24) is 5.32 Å². The molecule has 0 unspecified atom stereocenters. The fourth-order valence-corrected chi connectivity index (χ4v) is 8.75. The minimum Gasteiger partial charge on any atom is -0.488 e. The summed E-state index contributed by atoms with van der Waals surface area (Å²) in [6, 6.07) is 41.3. The highest BCUT2D eigenvalue weighted by Gasteiger charge is 2.40. The van der Waals surface area contributed by atoms with Gasteiger partial charge in [0.25, 0.3) is 11.8 Å². The standard InChI is InChI=1S/C47H38ClN3O4/c1-29-16-17-32-14-8-9-15-36(32)42(29)28-55-43-19-18-34(48)24-33(43)25-41-45(52)49-47(54)51(46(41)53)35-26-39-37(30-10-4-2-5-11-30)20-22-50-23-21-38(40(27-35)44(39)50)31-12-6-3-7-13-31/h2-19,24-27,37-38H,20-23,28H2,1H3,(H,49,52,54)/b41-25+/t37-,38+. The maximum atomic E-state index is 14.6. The summed E-state index contributed by atoms with van der Waals surface area (Å²) >= 11 is 6.48. The SMILES string of the molecule is Cc1ccc2ccccc2c1COc1ccc(Cl)cc1/C=C1\C(=O)NC(=O)N(c2cc3c4c(c2)[C@H](c2ccccc2)CCN4CC[C@@H]3c2ccccc2)C1=O. The molecule has 0 bridgehead atoms. The number of amides is 4. The number of carbonyl (C=O) groups excluding carboxylic acids is 3. The van der Waals surface area contributed by atoms with Crippen LogP contribution in [0.15, 0.2) is 133 Å². The Labute approximate surface area is 324 Å². The molecule has 6 aromatic rings. The number of fused-ring (bicyclic) bond motifs is 1. The Balaban J connectivity index is 1.12. The Morgan fingerprint density at radius 1 is 0.764 bits per heavy atom. The minimum absolute atomic E-state index is 0.0665. The molecule has 4 amide bonds. The van der Waals surface area contributed by atoms with Gasteiger partial charge in [-0.15, -0.1) is 0 Å². The van der Waals surface area contributed by atoms with Gasteiger partial charge in [0.15, 0.2) is 0 Å². The Bertz CT molecular complexity index is 2460. The average molecular weight is 744 g/mol. The predicted molar refractivity (Wildman–Crippen MR) is 218 cm³/mol. The third kappa shape index (κ3) is 6.34. The largest absolute Gasteiger partial charge is 0.488 e. The van der Waals surface area contributed by atoms with E-state index in [1.165, 1.54) is 22.9 Å². The average Bonchev–Trinajstić information content (AvgIpc) is 3.20. The molecule has 0 radical (unpaired) electrons. The van der Waals surface area contributed by atoms with E-state index in [0.717, 1.165) is 63.9 Å². The Morgan fingerprint density at radius 3 is 2.07 bits per heavy atom. The number of hydrogen-bond donors (Lipinski definition) is 1. The van der Waals surface area contributed by atoms with Crippen LogP contribution in [-0.2, 0) is 16.2 Å². The van der Waals surface area contributed by atoms with Crippen LogP contribution in [0, 0.1) is 6.92 Å². The highest BCUT2D eigenvalue weighted by Crippen LogP contribution is 2.50.